The fourth-order valence-electron chi connectivity index (χ4n) is 2.63. The molecule has 3 aromatic carbocycles. The van der Waals surface area contributed by atoms with Gasteiger partial charge in [0.25, 0.3) is 11.6 Å². The Kier molecular flexibility index (Phi) is 5.56. The van der Waals surface area contributed by atoms with Crippen LogP contribution >= 0.6 is 11.6 Å². The van der Waals surface area contributed by atoms with E-state index in [1.165, 1.54) is 13.0 Å². The minimum absolute atomic E-state index is 0.0583. The molecule has 3 aromatic rings. The Morgan fingerprint density at radius 1 is 1.11 bits per heavy atom. The van der Waals surface area contributed by atoms with Crippen molar-refractivity contribution in [3.8, 4) is 0 Å². The lowest BCUT2D eigenvalue weighted by Crippen LogP contribution is -2.30. The zero-order valence-electron chi connectivity index (χ0n) is 14.7. The van der Waals surface area contributed by atoms with Gasteiger partial charge in [-0.3, -0.25) is 14.9 Å². The maximum absolute atomic E-state index is 12.4. The Morgan fingerprint density at radius 3 is 2.54 bits per heavy atom. The summed E-state index contributed by atoms with van der Waals surface area (Å²) >= 11 is 5.92. The topological polar surface area (TPSA) is 98.5 Å². The maximum atomic E-state index is 12.4. The quantitative estimate of drug-likeness (QED) is 0.385. The molecule has 0 spiro atoms. The molecule has 28 heavy (non-hydrogen) atoms. The number of carbonyl (C=O) groups excluding carboxylic acids is 2. The van der Waals surface area contributed by atoms with E-state index >= 15 is 0 Å². The highest BCUT2D eigenvalue weighted by Gasteiger charge is 2.22. The van der Waals surface area contributed by atoms with Crippen LogP contribution in [0.5, 0.6) is 0 Å². The number of ether oxygens (including phenoxy) is 1. The Bertz CT molecular complexity index is 1080. The monoisotopic (exact) mass is 398 g/mol. The summed E-state index contributed by atoms with van der Waals surface area (Å²) in [6.07, 6.45) is -1.10. The molecule has 8 heteroatoms. The van der Waals surface area contributed by atoms with Gasteiger partial charge in [-0.1, -0.05) is 48.0 Å². The normalized spacial score (nSPS) is 11.6. The number of hydrogen-bond acceptors (Lipinski definition) is 5. The lowest BCUT2D eigenvalue weighted by atomic mass is 10.1. The molecule has 0 aromatic heterocycles. The van der Waals surface area contributed by atoms with Crippen LogP contribution in [0.4, 0.5) is 11.4 Å². The molecule has 0 fully saturated rings. The zero-order valence-corrected chi connectivity index (χ0v) is 15.5. The van der Waals surface area contributed by atoms with Crippen molar-refractivity contribution in [2.45, 2.75) is 13.0 Å². The SMILES string of the molecule is C[C@@H](OC(=O)c1ccc([N+](=O)[O-])cc1Cl)C(=O)Nc1cccc2ccccc12. The van der Waals surface area contributed by atoms with E-state index in [4.69, 9.17) is 16.3 Å². The molecule has 0 saturated carbocycles. The summed E-state index contributed by atoms with van der Waals surface area (Å²) in [5.74, 6) is -1.36. The molecule has 0 aliphatic heterocycles. The van der Waals surface area contributed by atoms with Crippen LogP contribution in [0, 0.1) is 10.1 Å². The molecular weight excluding hydrogens is 384 g/mol. The second-order valence-corrected chi connectivity index (χ2v) is 6.39. The highest BCUT2D eigenvalue weighted by atomic mass is 35.5. The molecule has 0 bridgehead atoms. The Hall–Kier alpha value is -3.45. The third-order valence-electron chi connectivity index (χ3n) is 4.08. The van der Waals surface area contributed by atoms with Gasteiger partial charge < -0.3 is 10.1 Å². The number of nitro groups is 1. The molecule has 0 unspecified atom stereocenters. The van der Waals surface area contributed by atoms with E-state index in [-0.39, 0.29) is 16.3 Å². The molecule has 7 nitrogen and oxygen atoms in total. The van der Waals surface area contributed by atoms with E-state index in [1.54, 1.807) is 6.07 Å². The van der Waals surface area contributed by atoms with E-state index in [9.17, 15) is 19.7 Å². The van der Waals surface area contributed by atoms with Crippen LogP contribution in [0.2, 0.25) is 5.02 Å². The van der Waals surface area contributed by atoms with Crippen molar-refractivity contribution in [3.63, 3.8) is 0 Å². The highest BCUT2D eigenvalue weighted by Crippen LogP contribution is 2.25. The van der Waals surface area contributed by atoms with Gasteiger partial charge >= 0.3 is 5.97 Å². The summed E-state index contributed by atoms with van der Waals surface area (Å²) in [6, 6.07) is 16.4. The Morgan fingerprint density at radius 2 is 1.82 bits per heavy atom. The van der Waals surface area contributed by atoms with Crippen LogP contribution in [0.3, 0.4) is 0 Å². The summed E-state index contributed by atoms with van der Waals surface area (Å²) in [7, 11) is 0. The van der Waals surface area contributed by atoms with Crippen molar-refractivity contribution in [2.24, 2.45) is 0 Å². The van der Waals surface area contributed by atoms with Crippen molar-refractivity contribution in [3.05, 3.63) is 81.4 Å². The third-order valence-corrected chi connectivity index (χ3v) is 4.40. The molecule has 0 radical (unpaired) electrons. The summed E-state index contributed by atoms with van der Waals surface area (Å²) in [4.78, 5) is 34.8. The van der Waals surface area contributed by atoms with Gasteiger partial charge in [0.2, 0.25) is 0 Å². The molecule has 0 aliphatic rings. The van der Waals surface area contributed by atoms with Crippen LogP contribution in [-0.2, 0) is 9.53 Å². The van der Waals surface area contributed by atoms with Crippen molar-refractivity contribution < 1.29 is 19.2 Å². The van der Waals surface area contributed by atoms with E-state index in [1.807, 2.05) is 36.4 Å². The van der Waals surface area contributed by atoms with Crippen molar-refractivity contribution in [2.75, 3.05) is 5.32 Å². The number of halogens is 1. The molecule has 142 valence electrons. The fourth-order valence-corrected chi connectivity index (χ4v) is 2.88. The first kappa shape index (κ1) is 19.3. The smallest absolute Gasteiger partial charge is 0.340 e. The lowest BCUT2D eigenvalue weighted by molar-refractivity contribution is -0.384. The molecule has 3 rings (SSSR count). The number of anilines is 1. The number of rotatable bonds is 5. The number of nitro benzene ring substituents is 1. The number of esters is 1. The lowest BCUT2D eigenvalue weighted by Gasteiger charge is -2.15. The van der Waals surface area contributed by atoms with Crippen LogP contribution in [-0.4, -0.2) is 22.9 Å². The zero-order chi connectivity index (χ0) is 20.3. The largest absolute Gasteiger partial charge is 0.449 e. The number of non-ortho nitro benzene ring substituents is 1. The molecule has 0 saturated heterocycles. The summed E-state index contributed by atoms with van der Waals surface area (Å²) in [6.45, 7) is 1.43. The number of hydrogen-bond donors (Lipinski definition) is 1. The number of amides is 1. The van der Waals surface area contributed by atoms with Gasteiger partial charge in [-0.25, -0.2) is 4.79 Å². The Balaban J connectivity index is 1.72. The van der Waals surface area contributed by atoms with Crippen LogP contribution in [0.1, 0.15) is 17.3 Å². The minimum atomic E-state index is -1.10. The van der Waals surface area contributed by atoms with Crippen molar-refractivity contribution in [1.82, 2.24) is 0 Å². The number of fused-ring (bicyclic) bond motifs is 1. The molecule has 0 heterocycles. The Labute approximate surface area is 165 Å². The van der Waals surface area contributed by atoms with Gasteiger partial charge in [0.15, 0.2) is 6.10 Å². The highest BCUT2D eigenvalue weighted by molar-refractivity contribution is 6.33. The van der Waals surface area contributed by atoms with E-state index in [0.717, 1.165) is 22.9 Å². The first-order valence-corrected chi connectivity index (χ1v) is 8.68. The standard InChI is InChI=1S/C20H15ClN2O5/c1-12(28-20(25)16-10-9-14(23(26)27)11-17(16)21)19(24)22-18-8-4-6-13-5-2-3-7-15(13)18/h2-12H,1H3,(H,22,24)/t12-/m1/s1. The number of benzene rings is 3. The first-order valence-electron chi connectivity index (χ1n) is 8.30. The van der Waals surface area contributed by atoms with Gasteiger partial charge in [-0.2, -0.15) is 0 Å². The predicted molar refractivity (Wildman–Crippen MR) is 106 cm³/mol. The van der Waals surface area contributed by atoms with Crippen molar-refractivity contribution in [1.29, 1.82) is 0 Å². The fraction of sp³-hybridized carbons (Fsp3) is 0.100. The maximum Gasteiger partial charge on any atom is 0.340 e. The molecular formula is C20H15ClN2O5. The van der Waals surface area contributed by atoms with Crippen LogP contribution < -0.4 is 5.32 Å². The van der Waals surface area contributed by atoms with E-state index < -0.39 is 22.9 Å². The summed E-state index contributed by atoms with van der Waals surface area (Å²) < 4.78 is 5.16. The molecule has 1 atom stereocenters. The molecule has 1 amide bonds. The average molecular weight is 399 g/mol. The van der Waals surface area contributed by atoms with Crippen LogP contribution in [0.25, 0.3) is 10.8 Å². The van der Waals surface area contributed by atoms with Gasteiger partial charge in [-0.15, -0.1) is 0 Å². The van der Waals surface area contributed by atoms with E-state index in [0.29, 0.717) is 5.69 Å². The van der Waals surface area contributed by atoms with Crippen molar-refractivity contribution >= 4 is 45.6 Å². The van der Waals surface area contributed by atoms with E-state index in [2.05, 4.69) is 5.32 Å². The second-order valence-electron chi connectivity index (χ2n) is 5.98. The molecule has 0 aliphatic carbocycles. The number of carbonyl (C=O) groups is 2. The minimum Gasteiger partial charge on any atom is -0.449 e. The van der Waals surface area contributed by atoms with Crippen LogP contribution in [0.15, 0.2) is 60.7 Å². The summed E-state index contributed by atoms with van der Waals surface area (Å²) in [5.41, 5.74) is 0.291. The third kappa shape index (κ3) is 4.10. The second kappa shape index (κ2) is 8.06. The molecule has 1 N–H and O–H groups in total. The first-order chi connectivity index (χ1) is 13.4. The predicted octanol–water partition coefficient (Wildman–Crippen LogP) is 4.59. The average Bonchev–Trinajstić information content (AvgIpc) is 2.67. The number of nitrogens with one attached hydrogen (secondary N) is 1. The van der Waals surface area contributed by atoms with Gasteiger partial charge in [-0.05, 0) is 24.4 Å². The number of nitrogens with zero attached hydrogens (tertiary/aromatic N) is 1. The summed E-state index contributed by atoms with van der Waals surface area (Å²) in [5, 5.41) is 15.2. The van der Waals surface area contributed by atoms with Gasteiger partial charge in [0.1, 0.15) is 0 Å². The van der Waals surface area contributed by atoms with Gasteiger partial charge in [0, 0.05) is 23.2 Å². The van der Waals surface area contributed by atoms with Gasteiger partial charge in [0.05, 0.1) is 15.5 Å².